The van der Waals surface area contributed by atoms with Crippen LogP contribution in [0.4, 0.5) is 4.79 Å². The number of rotatable bonds is 5. The van der Waals surface area contributed by atoms with Gasteiger partial charge in [-0.15, -0.1) is 0 Å². The lowest BCUT2D eigenvalue weighted by Crippen LogP contribution is -2.41. The Morgan fingerprint density at radius 3 is 2.85 bits per heavy atom. The second kappa shape index (κ2) is 6.88. The minimum absolute atomic E-state index is 0.0362. The molecule has 0 saturated heterocycles. The van der Waals surface area contributed by atoms with Crippen molar-refractivity contribution < 1.29 is 14.7 Å². The van der Waals surface area contributed by atoms with Crippen LogP contribution in [0.5, 0.6) is 0 Å². The van der Waals surface area contributed by atoms with Crippen molar-refractivity contribution in [1.29, 1.82) is 0 Å². The lowest BCUT2D eigenvalue weighted by Gasteiger charge is -2.13. The Balaban J connectivity index is 1.65. The van der Waals surface area contributed by atoms with Crippen LogP contribution in [-0.4, -0.2) is 34.7 Å². The number of aromatic nitrogens is 1. The molecule has 2 amide bonds. The van der Waals surface area contributed by atoms with Gasteiger partial charge in [0, 0.05) is 30.9 Å². The van der Waals surface area contributed by atoms with Crippen molar-refractivity contribution in [1.82, 2.24) is 15.6 Å². The molecule has 0 aromatic carbocycles. The zero-order valence-corrected chi connectivity index (χ0v) is 11.2. The van der Waals surface area contributed by atoms with E-state index in [-0.39, 0.29) is 18.0 Å². The van der Waals surface area contributed by atoms with Gasteiger partial charge in [0.1, 0.15) is 0 Å². The van der Waals surface area contributed by atoms with Crippen LogP contribution >= 0.6 is 0 Å². The summed E-state index contributed by atoms with van der Waals surface area (Å²) in [5.41, 5.74) is 0.930. The van der Waals surface area contributed by atoms with Crippen molar-refractivity contribution >= 4 is 12.0 Å². The van der Waals surface area contributed by atoms with Crippen molar-refractivity contribution in [3.05, 3.63) is 30.1 Å². The third kappa shape index (κ3) is 4.22. The van der Waals surface area contributed by atoms with Gasteiger partial charge in [-0.2, -0.15) is 0 Å². The summed E-state index contributed by atoms with van der Waals surface area (Å²) in [6, 6.07) is 5.40. The van der Waals surface area contributed by atoms with Gasteiger partial charge < -0.3 is 15.7 Å². The smallest absolute Gasteiger partial charge is 0.315 e. The summed E-state index contributed by atoms with van der Waals surface area (Å²) >= 11 is 0. The lowest BCUT2D eigenvalue weighted by molar-refractivity contribution is -0.141. The molecule has 1 aliphatic carbocycles. The van der Waals surface area contributed by atoms with Gasteiger partial charge in [0.15, 0.2) is 0 Å². The number of hydrogen-bond acceptors (Lipinski definition) is 3. The van der Waals surface area contributed by atoms with Crippen LogP contribution in [0.2, 0.25) is 0 Å². The van der Waals surface area contributed by atoms with E-state index in [1.54, 1.807) is 6.20 Å². The van der Waals surface area contributed by atoms with E-state index in [1.165, 1.54) is 0 Å². The molecule has 0 bridgehead atoms. The summed E-state index contributed by atoms with van der Waals surface area (Å²) < 4.78 is 0. The molecule has 2 rings (SSSR count). The molecule has 108 valence electrons. The molecular formula is C14H19N3O3. The van der Waals surface area contributed by atoms with Crippen molar-refractivity contribution in [2.45, 2.75) is 31.7 Å². The van der Waals surface area contributed by atoms with Crippen LogP contribution in [0.3, 0.4) is 0 Å². The summed E-state index contributed by atoms with van der Waals surface area (Å²) in [5, 5.41) is 14.5. The fourth-order valence-electron chi connectivity index (χ4n) is 2.42. The van der Waals surface area contributed by atoms with E-state index in [4.69, 9.17) is 5.11 Å². The highest BCUT2D eigenvalue weighted by atomic mass is 16.4. The molecule has 3 N–H and O–H groups in total. The highest BCUT2D eigenvalue weighted by Gasteiger charge is 2.30. The third-order valence-electron chi connectivity index (χ3n) is 3.51. The molecule has 6 nitrogen and oxygen atoms in total. The van der Waals surface area contributed by atoms with E-state index in [9.17, 15) is 9.59 Å². The maximum absolute atomic E-state index is 11.7. The number of pyridine rings is 1. The van der Waals surface area contributed by atoms with Crippen LogP contribution in [0, 0.1) is 5.92 Å². The van der Waals surface area contributed by atoms with Crippen LogP contribution < -0.4 is 10.6 Å². The zero-order valence-electron chi connectivity index (χ0n) is 11.2. The Bertz CT molecular complexity index is 464. The monoisotopic (exact) mass is 277 g/mol. The first-order valence-corrected chi connectivity index (χ1v) is 6.82. The fourth-order valence-corrected chi connectivity index (χ4v) is 2.42. The maximum Gasteiger partial charge on any atom is 0.315 e. The number of urea groups is 1. The van der Waals surface area contributed by atoms with Crippen molar-refractivity contribution in [2.24, 2.45) is 5.92 Å². The van der Waals surface area contributed by atoms with Gasteiger partial charge in [-0.3, -0.25) is 9.78 Å². The minimum Gasteiger partial charge on any atom is -0.481 e. The Labute approximate surface area is 117 Å². The first-order valence-electron chi connectivity index (χ1n) is 6.82. The molecule has 1 heterocycles. The summed E-state index contributed by atoms with van der Waals surface area (Å²) in [6.45, 7) is 0.512. The van der Waals surface area contributed by atoms with Crippen LogP contribution in [0.25, 0.3) is 0 Å². The molecule has 1 fully saturated rings. The average Bonchev–Trinajstić information content (AvgIpc) is 2.88. The van der Waals surface area contributed by atoms with Gasteiger partial charge in [0.05, 0.1) is 5.92 Å². The molecule has 0 spiro atoms. The topological polar surface area (TPSA) is 91.3 Å². The molecule has 20 heavy (non-hydrogen) atoms. The van der Waals surface area contributed by atoms with Crippen molar-refractivity contribution in [3.63, 3.8) is 0 Å². The van der Waals surface area contributed by atoms with E-state index in [0.717, 1.165) is 12.1 Å². The fraction of sp³-hybridized carbons (Fsp3) is 0.500. The SMILES string of the molecule is O=C(NCCc1ccccn1)N[C@H]1CC[C@@H](C(=O)O)C1. The van der Waals surface area contributed by atoms with Crippen LogP contribution in [-0.2, 0) is 11.2 Å². The molecule has 1 aromatic rings. The standard InChI is InChI=1S/C14H19N3O3/c18-13(19)10-4-5-12(9-10)17-14(20)16-8-6-11-3-1-2-7-15-11/h1-3,7,10,12H,4-6,8-9H2,(H,18,19)(H2,16,17,20)/t10-,12+/m1/s1. The Morgan fingerprint density at radius 2 is 2.20 bits per heavy atom. The van der Waals surface area contributed by atoms with Crippen molar-refractivity contribution in [3.8, 4) is 0 Å². The summed E-state index contributed by atoms with van der Waals surface area (Å²) in [6.07, 6.45) is 4.28. The normalized spacial score (nSPS) is 21.4. The number of amides is 2. The molecular weight excluding hydrogens is 258 g/mol. The van der Waals surface area contributed by atoms with Gasteiger partial charge in [-0.05, 0) is 31.4 Å². The summed E-state index contributed by atoms with van der Waals surface area (Å²) in [5.74, 6) is -1.10. The van der Waals surface area contributed by atoms with E-state index in [0.29, 0.717) is 25.8 Å². The van der Waals surface area contributed by atoms with Gasteiger partial charge >= 0.3 is 12.0 Å². The first-order chi connectivity index (χ1) is 9.65. The van der Waals surface area contributed by atoms with E-state index in [2.05, 4.69) is 15.6 Å². The second-order valence-corrected chi connectivity index (χ2v) is 5.02. The predicted octanol–water partition coefficient (Wildman–Crippen LogP) is 1.18. The maximum atomic E-state index is 11.7. The minimum atomic E-state index is -0.773. The molecule has 0 unspecified atom stereocenters. The summed E-state index contributed by atoms with van der Waals surface area (Å²) in [7, 11) is 0. The van der Waals surface area contributed by atoms with Gasteiger partial charge in [-0.1, -0.05) is 6.07 Å². The third-order valence-corrected chi connectivity index (χ3v) is 3.51. The second-order valence-electron chi connectivity index (χ2n) is 5.02. The molecule has 2 atom stereocenters. The molecule has 1 aromatic heterocycles. The first kappa shape index (κ1) is 14.3. The molecule has 0 aliphatic heterocycles. The van der Waals surface area contributed by atoms with E-state index < -0.39 is 5.97 Å². The number of aliphatic carboxylic acids is 1. The number of carbonyl (C=O) groups excluding carboxylic acids is 1. The predicted molar refractivity (Wildman–Crippen MR) is 73.2 cm³/mol. The quantitative estimate of drug-likeness (QED) is 0.753. The number of hydrogen-bond donors (Lipinski definition) is 3. The average molecular weight is 277 g/mol. The van der Waals surface area contributed by atoms with E-state index in [1.807, 2.05) is 18.2 Å². The number of nitrogens with zero attached hydrogens (tertiary/aromatic N) is 1. The Morgan fingerprint density at radius 1 is 1.35 bits per heavy atom. The highest BCUT2D eigenvalue weighted by molar-refractivity contribution is 5.75. The Hall–Kier alpha value is -2.11. The van der Waals surface area contributed by atoms with E-state index >= 15 is 0 Å². The molecule has 1 aliphatic rings. The highest BCUT2D eigenvalue weighted by Crippen LogP contribution is 2.25. The van der Waals surface area contributed by atoms with Crippen LogP contribution in [0.15, 0.2) is 24.4 Å². The lowest BCUT2D eigenvalue weighted by atomic mass is 10.1. The number of carboxylic acids is 1. The molecule has 6 heteroatoms. The zero-order chi connectivity index (χ0) is 14.4. The number of carbonyl (C=O) groups is 2. The largest absolute Gasteiger partial charge is 0.481 e. The number of carboxylic acid groups (broad SMARTS) is 1. The molecule has 1 saturated carbocycles. The van der Waals surface area contributed by atoms with Gasteiger partial charge in [0.25, 0.3) is 0 Å². The van der Waals surface area contributed by atoms with Crippen LogP contribution in [0.1, 0.15) is 25.0 Å². The van der Waals surface area contributed by atoms with Gasteiger partial charge in [0.2, 0.25) is 0 Å². The Kier molecular flexibility index (Phi) is 4.92. The van der Waals surface area contributed by atoms with Crippen molar-refractivity contribution in [2.75, 3.05) is 6.54 Å². The number of nitrogens with one attached hydrogen (secondary N) is 2. The summed E-state index contributed by atoms with van der Waals surface area (Å²) in [4.78, 5) is 26.7. The molecule has 0 radical (unpaired) electrons. The van der Waals surface area contributed by atoms with Gasteiger partial charge in [-0.25, -0.2) is 4.79 Å².